The van der Waals surface area contributed by atoms with Crippen LogP contribution in [0, 0.1) is 0 Å². The van der Waals surface area contributed by atoms with E-state index in [9.17, 15) is 0 Å². The Morgan fingerprint density at radius 2 is 1.79 bits per heavy atom. The first-order chi connectivity index (χ1) is 11.5. The van der Waals surface area contributed by atoms with Crippen LogP contribution in [-0.4, -0.2) is 30.7 Å². The standard InChI is InChI=1S/C19H24ClN3S/c1-4-14-9-11-15(12-10-14)22-19(24)21-13-18(23(2)3)16-7-5-6-8-17(16)20/h5-12,18H,4,13H2,1-3H3,(H2,21,22,24)/t18-/m0/s1. The largest absolute Gasteiger partial charge is 0.361 e. The number of likely N-dealkylation sites (N-methyl/N-ethyl adjacent to an activating group) is 1. The van der Waals surface area contributed by atoms with Gasteiger partial charge in [-0.1, -0.05) is 48.9 Å². The lowest BCUT2D eigenvalue weighted by Crippen LogP contribution is -2.36. The van der Waals surface area contributed by atoms with Crippen molar-refractivity contribution in [2.75, 3.05) is 26.0 Å². The van der Waals surface area contributed by atoms with Crippen molar-refractivity contribution in [3.05, 3.63) is 64.7 Å². The van der Waals surface area contributed by atoms with E-state index in [0.717, 1.165) is 22.7 Å². The molecular weight excluding hydrogens is 338 g/mol. The Balaban J connectivity index is 1.96. The highest BCUT2D eigenvalue weighted by molar-refractivity contribution is 7.80. The van der Waals surface area contributed by atoms with E-state index in [0.29, 0.717) is 11.7 Å². The number of aryl methyl sites for hydroxylation is 1. The second kappa shape index (κ2) is 9.02. The number of hydrogen-bond acceptors (Lipinski definition) is 2. The fourth-order valence-corrected chi connectivity index (χ4v) is 2.97. The first kappa shape index (κ1) is 18.7. The number of anilines is 1. The third-order valence-electron chi connectivity index (χ3n) is 3.96. The number of rotatable bonds is 6. The lowest BCUT2D eigenvalue weighted by atomic mass is 10.1. The Kier molecular flexibility index (Phi) is 7.03. The number of halogens is 1. The highest BCUT2D eigenvalue weighted by Crippen LogP contribution is 2.25. The molecule has 0 saturated carbocycles. The van der Waals surface area contributed by atoms with Crippen LogP contribution in [0.4, 0.5) is 5.69 Å². The van der Waals surface area contributed by atoms with Crippen LogP contribution in [0.3, 0.4) is 0 Å². The highest BCUT2D eigenvalue weighted by Gasteiger charge is 2.17. The maximum Gasteiger partial charge on any atom is 0.170 e. The molecular formula is C19H24ClN3S. The molecule has 2 aromatic rings. The van der Waals surface area contributed by atoms with E-state index in [1.165, 1.54) is 5.56 Å². The van der Waals surface area contributed by atoms with E-state index in [-0.39, 0.29) is 6.04 Å². The molecule has 3 nitrogen and oxygen atoms in total. The minimum atomic E-state index is 0.140. The van der Waals surface area contributed by atoms with Crippen molar-refractivity contribution in [3.8, 4) is 0 Å². The summed E-state index contributed by atoms with van der Waals surface area (Å²) in [7, 11) is 4.07. The molecule has 1 atom stereocenters. The zero-order valence-electron chi connectivity index (χ0n) is 14.3. The molecule has 128 valence electrons. The minimum Gasteiger partial charge on any atom is -0.361 e. The minimum absolute atomic E-state index is 0.140. The normalized spacial score (nSPS) is 12.0. The van der Waals surface area contributed by atoms with Gasteiger partial charge in [-0.25, -0.2) is 0 Å². The zero-order valence-corrected chi connectivity index (χ0v) is 15.9. The van der Waals surface area contributed by atoms with Crippen LogP contribution in [-0.2, 0) is 6.42 Å². The number of benzene rings is 2. The average Bonchev–Trinajstić information content (AvgIpc) is 2.57. The number of hydrogen-bond donors (Lipinski definition) is 2. The van der Waals surface area contributed by atoms with Gasteiger partial charge in [0, 0.05) is 17.3 Å². The lowest BCUT2D eigenvalue weighted by molar-refractivity contribution is 0.299. The highest BCUT2D eigenvalue weighted by atomic mass is 35.5. The third-order valence-corrected chi connectivity index (χ3v) is 4.55. The summed E-state index contributed by atoms with van der Waals surface area (Å²) in [6.07, 6.45) is 1.03. The van der Waals surface area contributed by atoms with Crippen LogP contribution >= 0.6 is 23.8 Å². The Hall–Kier alpha value is -1.62. The quantitative estimate of drug-likeness (QED) is 0.741. The predicted molar refractivity (Wildman–Crippen MR) is 108 cm³/mol. The van der Waals surface area contributed by atoms with Crippen LogP contribution < -0.4 is 10.6 Å². The Bertz CT molecular complexity index is 671. The first-order valence-corrected chi connectivity index (χ1v) is 8.84. The van der Waals surface area contributed by atoms with E-state index < -0.39 is 0 Å². The number of nitrogens with one attached hydrogen (secondary N) is 2. The fraction of sp³-hybridized carbons (Fsp3) is 0.316. The summed E-state index contributed by atoms with van der Waals surface area (Å²) in [5.41, 5.74) is 3.39. The fourth-order valence-electron chi connectivity index (χ4n) is 2.50. The van der Waals surface area contributed by atoms with Gasteiger partial charge in [0.05, 0.1) is 6.04 Å². The van der Waals surface area contributed by atoms with E-state index in [4.69, 9.17) is 23.8 Å². The molecule has 0 aliphatic heterocycles. The summed E-state index contributed by atoms with van der Waals surface area (Å²) in [5.74, 6) is 0. The molecule has 0 unspecified atom stereocenters. The summed E-state index contributed by atoms with van der Waals surface area (Å²) >= 11 is 11.7. The van der Waals surface area contributed by atoms with Gasteiger partial charge in [0.15, 0.2) is 5.11 Å². The Labute approximate surface area is 155 Å². The molecule has 0 aliphatic carbocycles. The van der Waals surface area contributed by atoms with Crippen LogP contribution in [0.15, 0.2) is 48.5 Å². The summed E-state index contributed by atoms with van der Waals surface area (Å²) in [5, 5.41) is 7.89. The smallest absolute Gasteiger partial charge is 0.170 e. The zero-order chi connectivity index (χ0) is 17.5. The molecule has 2 rings (SSSR count). The van der Waals surface area contributed by atoms with Crippen molar-refractivity contribution in [1.82, 2.24) is 10.2 Å². The molecule has 0 saturated heterocycles. The van der Waals surface area contributed by atoms with Gasteiger partial charge in [0.25, 0.3) is 0 Å². The summed E-state index contributed by atoms with van der Waals surface area (Å²) < 4.78 is 0. The topological polar surface area (TPSA) is 27.3 Å². The van der Waals surface area contributed by atoms with Gasteiger partial charge in [-0.3, -0.25) is 0 Å². The molecule has 0 spiro atoms. The molecule has 5 heteroatoms. The van der Waals surface area contributed by atoms with Gasteiger partial charge >= 0.3 is 0 Å². The van der Waals surface area contributed by atoms with Crippen molar-refractivity contribution in [2.45, 2.75) is 19.4 Å². The number of thiocarbonyl (C=S) groups is 1. The van der Waals surface area contributed by atoms with Crippen LogP contribution in [0.25, 0.3) is 0 Å². The van der Waals surface area contributed by atoms with E-state index in [1.54, 1.807) is 0 Å². The van der Waals surface area contributed by atoms with Gasteiger partial charge in [-0.2, -0.15) is 0 Å². The molecule has 0 fully saturated rings. The molecule has 0 aromatic heterocycles. The lowest BCUT2D eigenvalue weighted by Gasteiger charge is -2.26. The molecule has 0 heterocycles. The Morgan fingerprint density at radius 3 is 2.38 bits per heavy atom. The summed E-state index contributed by atoms with van der Waals surface area (Å²) in [4.78, 5) is 2.13. The van der Waals surface area contributed by atoms with Crippen molar-refractivity contribution in [2.24, 2.45) is 0 Å². The second-order valence-corrected chi connectivity index (χ2v) is 6.70. The molecule has 2 aromatic carbocycles. The maximum atomic E-state index is 6.33. The van der Waals surface area contributed by atoms with Gasteiger partial charge in [0.1, 0.15) is 0 Å². The SMILES string of the molecule is CCc1ccc(NC(=S)NC[C@@H](c2ccccc2Cl)N(C)C)cc1. The van der Waals surface area contributed by atoms with Crippen molar-refractivity contribution in [1.29, 1.82) is 0 Å². The summed E-state index contributed by atoms with van der Waals surface area (Å²) in [6, 6.07) is 16.4. The van der Waals surface area contributed by atoms with E-state index >= 15 is 0 Å². The van der Waals surface area contributed by atoms with Crippen LogP contribution in [0.1, 0.15) is 24.1 Å². The summed E-state index contributed by atoms with van der Waals surface area (Å²) in [6.45, 7) is 2.82. The van der Waals surface area contributed by atoms with Gasteiger partial charge < -0.3 is 15.5 Å². The molecule has 24 heavy (non-hydrogen) atoms. The molecule has 0 aliphatic rings. The van der Waals surface area contributed by atoms with Crippen molar-refractivity contribution >= 4 is 34.6 Å². The Morgan fingerprint density at radius 1 is 1.12 bits per heavy atom. The van der Waals surface area contributed by atoms with E-state index in [2.05, 4.69) is 40.7 Å². The van der Waals surface area contributed by atoms with Crippen LogP contribution in [0.5, 0.6) is 0 Å². The van der Waals surface area contributed by atoms with E-state index in [1.807, 2.05) is 44.4 Å². The second-order valence-electron chi connectivity index (χ2n) is 5.89. The molecule has 0 radical (unpaired) electrons. The first-order valence-electron chi connectivity index (χ1n) is 8.06. The van der Waals surface area contributed by atoms with Gasteiger partial charge in [-0.15, -0.1) is 0 Å². The average molecular weight is 362 g/mol. The van der Waals surface area contributed by atoms with Crippen LogP contribution in [0.2, 0.25) is 5.02 Å². The molecule has 0 amide bonds. The molecule has 2 N–H and O–H groups in total. The third kappa shape index (κ3) is 5.20. The van der Waals surface area contributed by atoms with Gasteiger partial charge in [-0.05, 0) is 62.1 Å². The predicted octanol–water partition coefficient (Wildman–Crippen LogP) is 4.49. The molecule has 0 bridgehead atoms. The maximum absolute atomic E-state index is 6.33. The van der Waals surface area contributed by atoms with Crippen molar-refractivity contribution < 1.29 is 0 Å². The van der Waals surface area contributed by atoms with Crippen molar-refractivity contribution in [3.63, 3.8) is 0 Å². The monoisotopic (exact) mass is 361 g/mol. The number of nitrogens with zero attached hydrogens (tertiary/aromatic N) is 1. The van der Waals surface area contributed by atoms with Gasteiger partial charge in [0.2, 0.25) is 0 Å².